The quantitative estimate of drug-likeness (QED) is 0.819. The van der Waals surface area contributed by atoms with Crippen molar-refractivity contribution >= 4 is 17.7 Å². The zero-order chi connectivity index (χ0) is 16.7. The van der Waals surface area contributed by atoms with E-state index in [2.05, 4.69) is 29.6 Å². The summed E-state index contributed by atoms with van der Waals surface area (Å²) < 4.78 is 4.99. The Morgan fingerprint density at radius 2 is 1.87 bits per heavy atom. The molecule has 0 atom stereocenters. The molecule has 1 saturated heterocycles. The highest BCUT2D eigenvalue weighted by Gasteiger charge is 2.19. The molecule has 0 bridgehead atoms. The minimum absolute atomic E-state index is 0.337. The fraction of sp³-hybridized carbons (Fsp3) is 0.529. The van der Waals surface area contributed by atoms with Gasteiger partial charge in [-0.15, -0.1) is 0 Å². The van der Waals surface area contributed by atoms with E-state index < -0.39 is 6.09 Å². The number of carbonyl (C=O) groups is 2. The Kier molecular flexibility index (Phi) is 6.26. The summed E-state index contributed by atoms with van der Waals surface area (Å²) in [5.74, 6) is 0.123. The number of rotatable bonds is 5. The van der Waals surface area contributed by atoms with Crippen molar-refractivity contribution in [3.63, 3.8) is 0 Å². The number of benzene rings is 1. The number of nitrogens with zero attached hydrogens (tertiary/aromatic N) is 1. The van der Waals surface area contributed by atoms with E-state index >= 15 is 0 Å². The van der Waals surface area contributed by atoms with Crippen LogP contribution in [0.2, 0.25) is 0 Å². The predicted molar refractivity (Wildman–Crippen MR) is 89.3 cm³/mol. The fourth-order valence-electron chi connectivity index (χ4n) is 2.50. The number of hydrogen-bond donors (Lipinski definition) is 2. The van der Waals surface area contributed by atoms with Crippen molar-refractivity contribution in [2.75, 3.05) is 24.6 Å². The summed E-state index contributed by atoms with van der Waals surface area (Å²) in [5.41, 5.74) is 6.16. The van der Waals surface area contributed by atoms with E-state index in [0.717, 1.165) is 38.0 Å². The molecule has 0 spiro atoms. The second kappa shape index (κ2) is 8.41. The van der Waals surface area contributed by atoms with Crippen molar-refractivity contribution in [3.05, 3.63) is 29.8 Å². The van der Waals surface area contributed by atoms with Gasteiger partial charge in [-0.3, -0.25) is 10.2 Å². The van der Waals surface area contributed by atoms with Gasteiger partial charge in [0.2, 0.25) is 0 Å². The van der Waals surface area contributed by atoms with Crippen LogP contribution in [-0.4, -0.2) is 31.7 Å². The third-order valence-corrected chi connectivity index (χ3v) is 3.80. The van der Waals surface area contributed by atoms with E-state index in [0.29, 0.717) is 18.1 Å². The SMILES string of the molecule is CC(C)CCOC(=O)NNC(=O)c1ccccc1N1CCCC1. The van der Waals surface area contributed by atoms with Crippen LogP contribution in [0.3, 0.4) is 0 Å². The highest BCUT2D eigenvalue weighted by Crippen LogP contribution is 2.24. The van der Waals surface area contributed by atoms with E-state index in [1.54, 1.807) is 6.07 Å². The summed E-state index contributed by atoms with van der Waals surface area (Å²) >= 11 is 0. The number of anilines is 1. The number of hydrazine groups is 1. The Morgan fingerprint density at radius 1 is 1.17 bits per heavy atom. The highest BCUT2D eigenvalue weighted by molar-refractivity contribution is 6.00. The van der Waals surface area contributed by atoms with Gasteiger partial charge in [0.05, 0.1) is 12.2 Å². The number of hydrogen-bond acceptors (Lipinski definition) is 4. The molecule has 0 saturated carbocycles. The first-order chi connectivity index (χ1) is 11.1. The van der Waals surface area contributed by atoms with Gasteiger partial charge in [-0.05, 0) is 37.3 Å². The molecule has 1 aliphatic heterocycles. The molecular weight excluding hydrogens is 294 g/mol. The van der Waals surface area contributed by atoms with Gasteiger partial charge in [0, 0.05) is 18.8 Å². The highest BCUT2D eigenvalue weighted by atomic mass is 16.6. The average Bonchev–Trinajstić information content (AvgIpc) is 3.06. The van der Waals surface area contributed by atoms with Crippen LogP contribution in [0.15, 0.2) is 24.3 Å². The number of amides is 2. The van der Waals surface area contributed by atoms with Crippen LogP contribution < -0.4 is 15.8 Å². The monoisotopic (exact) mass is 319 g/mol. The van der Waals surface area contributed by atoms with Gasteiger partial charge in [-0.25, -0.2) is 10.2 Å². The van der Waals surface area contributed by atoms with Crippen molar-refractivity contribution < 1.29 is 14.3 Å². The maximum atomic E-state index is 12.3. The fourth-order valence-corrected chi connectivity index (χ4v) is 2.50. The maximum Gasteiger partial charge on any atom is 0.426 e. The van der Waals surface area contributed by atoms with Crippen molar-refractivity contribution in [3.8, 4) is 0 Å². The lowest BCUT2D eigenvalue weighted by Gasteiger charge is -2.20. The topological polar surface area (TPSA) is 70.7 Å². The second-order valence-electron chi connectivity index (χ2n) is 6.11. The number of para-hydroxylation sites is 1. The largest absolute Gasteiger partial charge is 0.448 e. The minimum atomic E-state index is -0.641. The molecule has 1 fully saturated rings. The van der Waals surface area contributed by atoms with E-state index in [1.165, 1.54) is 0 Å². The Balaban J connectivity index is 1.87. The molecule has 0 aliphatic carbocycles. The maximum absolute atomic E-state index is 12.3. The summed E-state index contributed by atoms with van der Waals surface area (Å²) in [7, 11) is 0. The van der Waals surface area contributed by atoms with Crippen LogP contribution in [0, 0.1) is 5.92 Å². The smallest absolute Gasteiger partial charge is 0.426 e. The lowest BCUT2D eigenvalue weighted by Crippen LogP contribution is -2.42. The van der Waals surface area contributed by atoms with Gasteiger partial charge in [-0.1, -0.05) is 26.0 Å². The van der Waals surface area contributed by atoms with Crippen LogP contribution in [0.5, 0.6) is 0 Å². The summed E-state index contributed by atoms with van der Waals surface area (Å²) in [6.45, 7) is 6.35. The first kappa shape index (κ1) is 17.1. The molecule has 0 aromatic heterocycles. The van der Waals surface area contributed by atoms with Crippen LogP contribution in [-0.2, 0) is 4.74 Å². The molecule has 2 rings (SSSR count). The Bertz CT molecular complexity index is 540. The summed E-state index contributed by atoms with van der Waals surface area (Å²) in [4.78, 5) is 26.0. The third kappa shape index (κ3) is 5.16. The van der Waals surface area contributed by atoms with Gasteiger partial charge in [-0.2, -0.15) is 0 Å². The molecule has 1 aliphatic rings. The summed E-state index contributed by atoms with van der Waals surface area (Å²) in [5, 5.41) is 0. The summed E-state index contributed by atoms with van der Waals surface area (Å²) in [6, 6.07) is 7.42. The normalized spacial score (nSPS) is 14.0. The van der Waals surface area contributed by atoms with Crippen molar-refractivity contribution in [2.24, 2.45) is 5.92 Å². The molecule has 23 heavy (non-hydrogen) atoms. The number of nitrogens with one attached hydrogen (secondary N) is 2. The van der Waals surface area contributed by atoms with Gasteiger partial charge >= 0.3 is 6.09 Å². The van der Waals surface area contributed by atoms with Gasteiger partial charge in [0.1, 0.15) is 0 Å². The molecule has 6 heteroatoms. The van der Waals surface area contributed by atoms with Gasteiger partial charge < -0.3 is 9.64 Å². The summed E-state index contributed by atoms with van der Waals surface area (Å²) in [6.07, 6.45) is 2.42. The minimum Gasteiger partial charge on any atom is -0.448 e. The van der Waals surface area contributed by atoms with E-state index in [9.17, 15) is 9.59 Å². The second-order valence-corrected chi connectivity index (χ2v) is 6.11. The molecule has 0 unspecified atom stereocenters. The standard InChI is InChI=1S/C17H25N3O3/c1-13(2)9-12-23-17(22)19-18-16(21)14-7-3-4-8-15(14)20-10-5-6-11-20/h3-4,7-8,13H,5-6,9-12H2,1-2H3,(H,18,21)(H,19,22). The first-order valence-corrected chi connectivity index (χ1v) is 8.15. The zero-order valence-electron chi connectivity index (χ0n) is 13.8. The lowest BCUT2D eigenvalue weighted by atomic mass is 10.1. The molecular formula is C17H25N3O3. The average molecular weight is 319 g/mol. The third-order valence-electron chi connectivity index (χ3n) is 3.80. The van der Waals surface area contributed by atoms with E-state index in [-0.39, 0.29) is 5.91 Å². The molecule has 1 aromatic carbocycles. The van der Waals surface area contributed by atoms with Crippen LogP contribution >= 0.6 is 0 Å². The molecule has 1 aromatic rings. The number of ether oxygens (including phenoxy) is 1. The van der Waals surface area contributed by atoms with Gasteiger partial charge in [0.25, 0.3) is 5.91 Å². The molecule has 6 nitrogen and oxygen atoms in total. The van der Waals surface area contributed by atoms with Crippen molar-refractivity contribution in [1.82, 2.24) is 10.9 Å². The van der Waals surface area contributed by atoms with Gasteiger partial charge in [0.15, 0.2) is 0 Å². The van der Waals surface area contributed by atoms with E-state index in [1.807, 2.05) is 18.2 Å². The number of carbonyl (C=O) groups excluding carboxylic acids is 2. The van der Waals surface area contributed by atoms with Crippen LogP contribution in [0.4, 0.5) is 10.5 Å². The predicted octanol–water partition coefficient (Wildman–Crippen LogP) is 2.70. The molecule has 1 heterocycles. The molecule has 126 valence electrons. The Hall–Kier alpha value is -2.24. The van der Waals surface area contributed by atoms with Crippen molar-refractivity contribution in [1.29, 1.82) is 0 Å². The van der Waals surface area contributed by atoms with Crippen molar-refractivity contribution in [2.45, 2.75) is 33.1 Å². The zero-order valence-corrected chi connectivity index (χ0v) is 13.8. The van der Waals surface area contributed by atoms with E-state index in [4.69, 9.17) is 4.74 Å². The molecule has 2 N–H and O–H groups in total. The molecule has 2 amide bonds. The van der Waals surface area contributed by atoms with Crippen LogP contribution in [0.25, 0.3) is 0 Å². The Labute approximate surface area is 137 Å². The first-order valence-electron chi connectivity index (χ1n) is 8.15. The molecule has 0 radical (unpaired) electrons. The lowest BCUT2D eigenvalue weighted by molar-refractivity contribution is 0.0907. The Morgan fingerprint density at radius 3 is 2.57 bits per heavy atom. The van der Waals surface area contributed by atoms with Crippen LogP contribution in [0.1, 0.15) is 43.5 Å².